The Kier molecular flexibility index (Phi) is 8.47. The van der Waals surface area contributed by atoms with E-state index in [4.69, 9.17) is 0 Å². The van der Waals surface area contributed by atoms with Crippen LogP contribution in [-0.2, 0) is 14.6 Å². The molecule has 1 aliphatic rings. The second-order valence-electron chi connectivity index (χ2n) is 5.21. The van der Waals surface area contributed by atoms with Crippen LogP contribution in [0.25, 0.3) is 0 Å². The van der Waals surface area contributed by atoms with Crippen LogP contribution in [0.15, 0.2) is 0 Å². The van der Waals surface area contributed by atoms with E-state index in [1.54, 1.807) is 25.8 Å². The Balaban J connectivity index is 0.00000361. The monoisotopic (exact) mass is 344 g/mol. The summed E-state index contributed by atoms with van der Waals surface area (Å²) in [5.41, 5.74) is 0. The standard InChI is InChI=1S/C12H24N2O3S2.ClH/c1-9(10(2)19(4,16)17)14(3)12(15)7-11-8-18-6-5-13-11;/h9-11,13H,5-8H2,1-4H3;1H. The molecule has 0 aliphatic carbocycles. The average Bonchev–Trinajstić information content (AvgIpc) is 2.36. The quantitative estimate of drug-likeness (QED) is 0.798. The molecule has 1 aliphatic heterocycles. The molecule has 1 heterocycles. The molecule has 0 aromatic carbocycles. The van der Waals surface area contributed by atoms with Crippen molar-refractivity contribution in [3.63, 3.8) is 0 Å². The van der Waals surface area contributed by atoms with Crippen molar-refractivity contribution in [2.45, 2.75) is 37.6 Å². The minimum Gasteiger partial charge on any atom is -0.342 e. The minimum absolute atomic E-state index is 0. The van der Waals surface area contributed by atoms with Crippen LogP contribution in [0.1, 0.15) is 20.3 Å². The first-order valence-corrected chi connectivity index (χ1v) is 9.60. The fourth-order valence-electron chi connectivity index (χ4n) is 2.01. The Bertz CT molecular complexity index is 411. The van der Waals surface area contributed by atoms with Crippen LogP contribution in [0.5, 0.6) is 0 Å². The topological polar surface area (TPSA) is 66.5 Å². The smallest absolute Gasteiger partial charge is 0.224 e. The van der Waals surface area contributed by atoms with Gasteiger partial charge in [0.1, 0.15) is 0 Å². The lowest BCUT2D eigenvalue weighted by Gasteiger charge is -2.31. The number of amides is 1. The van der Waals surface area contributed by atoms with Gasteiger partial charge in [0.15, 0.2) is 9.84 Å². The van der Waals surface area contributed by atoms with E-state index in [0.717, 1.165) is 18.1 Å². The fraction of sp³-hybridized carbons (Fsp3) is 0.917. The highest BCUT2D eigenvalue weighted by Gasteiger charge is 2.29. The third-order valence-electron chi connectivity index (χ3n) is 3.78. The Hall–Kier alpha value is 0.0200. The second kappa shape index (κ2) is 8.46. The predicted octanol–water partition coefficient (Wildman–Crippen LogP) is 0.783. The lowest BCUT2D eigenvalue weighted by molar-refractivity contribution is -0.132. The lowest BCUT2D eigenvalue weighted by atomic mass is 10.1. The van der Waals surface area contributed by atoms with Gasteiger partial charge in [0.25, 0.3) is 0 Å². The van der Waals surface area contributed by atoms with Crippen LogP contribution in [0.3, 0.4) is 0 Å². The first-order chi connectivity index (χ1) is 8.73. The van der Waals surface area contributed by atoms with Gasteiger partial charge in [-0.25, -0.2) is 8.42 Å². The van der Waals surface area contributed by atoms with E-state index in [-0.39, 0.29) is 30.4 Å². The maximum Gasteiger partial charge on any atom is 0.224 e. The van der Waals surface area contributed by atoms with Gasteiger partial charge in [-0.3, -0.25) is 4.79 Å². The fourth-order valence-corrected chi connectivity index (χ4v) is 3.85. The van der Waals surface area contributed by atoms with Crippen molar-refractivity contribution in [3.05, 3.63) is 0 Å². The van der Waals surface area contributed by atoms with Gasteiger partial charge in [-0.15, -0.1) is 12.4 Å². The minimum atomic E-state index is -3.13. The van der Waals surface area contributed by atoms with Crippen LogP contribution < -0.4 is 5.32 Å². The molecule has 5 nitrogen and oxygen atoms in total. The van der Waals surface area contributed by atoms with Gasteiger partial charge in [0, 0.05) is 49.9 Å². The van der Waals surface area contributed by atoms with Crippen LogP contribution >= 0.6 is 24.2 Å². The van der Waals surface area contributed by atoms with Crippen LogP contribution in [0.4, 0.5) is 0 Å². The van der Waals surface area contributed by atoms with Crippen molar-refractivity contribution < 1.29 is 13.2 Å². The highest BCUT2D eigenvalue weighted by Crippen LogP contribution is 2.14. The normalized spacial score (nSPS) is 22.5. The van der Waals surface area contributed by atoms with Crippen molar-refractivity contribution in [2.24, 2.45) is 0 Å². The second-order valence-corrected chi connectivity index (χ2v) is 8.76. The molecule has 1 N–H and O–H groups in total. The number of carbonyl (C=O) groups is 1. The van der Waals surface area contributed by atoms with Crippen LogP contribution in [0, 0.1) is 0 Å². The molecule has 0 aromatic heterocycles. The van der Waals surface area contributed by atoms with E-state index in [1.807, 2.05) is 11.8 Å². The molecule has 1 fully saturated rings. The highest BCUT2D eigenvalue weighted by atomic mass is 35.5. The number of sulfone groups is 1. The number of nitrogens with zero attached hydrogens (tertiary/aromatic N) is 1. The summed E-state index contributed by atoms with van der Waals surface area (Å²) in [6, 6.07) is -0.104. The Morgan fingerprint density at radius 2 is 2.05 bits per heavy atom. The van der Waals surface area contributed by atoms with Crippen molar-refractivity contribution >= 4 is 39.9 Å². The summed E-state index contributed by atoms with van der Waals surface area (Å²) >= 11 is 1.85. The highest BCUT2D eigenvalue weighted by molar-refractivity contribution is 7.99. The van der Waals surface area contributed by atoms with E-state index in [1.165, 1.54) is 6.26 Å². The SMILES string of the molecule is CC(C(C)S(C)(=O)=O)N(C)C(=O)CC1CSCCN1.Cl. The van der Waals surface area contributed by atoms with E-state index < -0.39 is 15.1 Å². The van der Waals surface area contributed by atoms with Crippen LogP contribution in [-0.4, -0.2) is 67.9 Å². The summed E-state index contributed by atoms with van der Waals surface area (Å²) in [5, 5.41) is 2.77. The predicted molar refractivity (Wildman–Crippen MR) is 87.5 cm³/mol. The third-order valence-corrected chi connectivity index (χ3v) is 6.65. The zero-order chi connectivity index (χ0) is 14.6. The first-order valence-electron chi connectivity index (χ1n) is 6.49. The number of carbonyl (C=O) groups excluding carboxylic acids is 1. The molecule has 3 atom stereocenters. The van der Waals surface area contributed by atoms with Gasteiger partial charge in [0.2, 0.25) is 5.91 Å². The number of hydrogen-bond acceptors (Lipinski definition) is 5. The molecule has 1 amide bonds. The average molecular weight is 345 g/mol. The zero-order valence-corrected chi connectivity index (χ0v) is 14.9. The Morgan fingerprint density at radius 3 is 2.50 bits per heavy atom. The van der Waals surface area contributed by atoms with Crippen molar-refractivity contribution in [1.29, 1.82) is 0 Å². The summed E-state index contributed by atoms with van der Waals surface area (Å²) in [7, 11) is -1.44. The number of hydrogen-bond donors (Lipinski definition) is 1. The third kappa shape index (κ3) is 5.79. The first kappa shape index (κ1) is 20.0. The van der Waals surface area contributed by atoms with Gasteiger partial charge < -0.3 is 10.2 Å². The lowest BCUT2D eigenvalue weighted by Crippen LogP contribution is -2.47. The van der Waals surface area contributed by atoms with Gasteiger partial charge in [-0.1, -0.05) is 0 Å². The summed E-state index contributed by atoms with van der Waals surface area (Å²) in [6.45, 7) is 4.37. The molecular formula is C12H25ClN2O3S2. The van der Waals surface area contributed by atoms with Gasteiger partial charge in [0.05, 0.1) is 5.25 Å². The molecule has 0 spiro atoms. The Labute approximate surface area is 132 Å². The van der Waals surface area contributed by atoms with Gasteiger partial charge in [-0.2, -0.15) is 11.8 Å². The molecule has 3 unspecified atom stereocenters. The summed E-state index contributed by atoms with van der Waals surface area (Å²) in [4.78, 5) is 13.7. The maximum atomic E-state index is 12.2. The van der Waals surface area contributed by atoms with Crippen molar-refractivity contribution in [2.75, 3.05) is 31.4 Å². The van der Waals surface area contributed by atoms with Gasteiger partial charge in [-0.05, 0) is 13.8 Å². The summed E-state index contributed by atoms with van der Waals surface area (Å²) < 4.78 is 23.1. The molecule has 0 aromatic rings. The number of rotatable bonds is 5. The van der Waals surface area contributed by atoms with Gasteiger partial charge >= 0.3 is 0 Å². The number of halogens is 1. The molecule has 8 heteroatoms. The largest absolute Gasteiger partial charge is 0.342 e. The molecule has 1 saturated heterocycles. The molecule has 20 heavy (non-hydrogen) atoms. The van der Waals surface area contributed by atoms with Crippen LogP contribution in [0.2, 0.25) is 0 Å². The molecule has 1 rings (SSSR count). The molecule has 0 bridgehead atoms. The summed E-state index contributed by atoms with van der Waals surface area (Å²) in [6.07, 6.45) is 1.65. The molecule has 120 valence electrons. The summed E-state index contributed by atoms with van der Waals surface area (Å²) in [5.74, 6) is 2.03. The number of thioether (sulfide) groups is 1. The number of nitrogens with one attached hydrogen (secondary N) is 1. The zero-order valence-electron chi connectivity index (χ0n) is 12.5. The van der Waals surface area contributed by atoms with E-state index in [2.05, 4.69) is 5.32 Å². The van der Waals surface area contributed by atoms with E-state index in [9.17, 15) is 13.2 Å². The molecular weight excluding hydrogens is 320 g/mol. The van der Waals surface area contributed by atoms with E-state index >= 15 is 0 Å². The molecule has 0 radical (unpaired) electrons. The van der Waals surface area contributed by atoms with E-state index in [0.29, 0.717) is 6.42 Å². The maximum absolute atomic E-state index is 12.2. The van der Waals surface area contributed by atoms with Crippen molar-refractivity contribution in [1.82, 2.24) is 10.2 Å². The molecule has 0 saturated carbocycles. The van der Waals surface area contributed by atoms with Crippen molar-refractivity contribution in [3.8, 4) is 0 Å². The Morgan fingerprint density at radius 1 is 1.45 bits per heavy atom.